The van der Waals surface area contributed by atoms with Gasteiger partial charge in [0.05, 0.1) is 17.4 Å². The number of pyridine rings is 2. The summed E-state index contributed by atoms with van der Waals surface area (Å²) in [6.45, 7) is 7.60. The molecule has 35 heavy (non-hydrogen) atoms. The Balaban J connectivity index is 1.45. The van der Waals surface area contributed by atoms with E-state index in [0.29, 0.717) is 40.3 Å². The van der Waals surface area contributed by atoms with Crippen LogP contribution in [0.3, 0.4) is 0 Å². The Bertz CT molecular complexity index is 1230. The Morgan fingerprint density at radius 2 is 1.91 bits per heavy atom. The van der Waals surface area contributed by atoms with Crippen LogP contribution in [0.15, 0.2) is 42.9 Å². The maximum atomic E-state index is 14.9. The van der Waals surface area contributed by atoms with Crippen LogP contribution in [-0.4, -0.2) is 34.4 Å². The van der Waals surface area contributed by atoms with Crippen LogP contribution in [0.5, 0.6) is 0 Å². The highest BCUT2D eigenvalue weighted by atomic mass is 19.1. The van der Waals surface area contributed by atoms with Gasteiger partial charge in [-0.25, -0.2) is 4.39 Å². The van der Waals surface area contributed by atoms with E-state index >= 15 is 0 Å². The molecule has 0 unspecified atom stereocenters. The van der Waals surface area contributed by atoms with Crippen LogP contribution in [0.4, 0.5) is 10.1 Å². The summed E-state index contributed by atoms with van der Waals surface area (Å²) >= 11 is 0. The number of hydrogen-bond acceptors (Lipinski definition) is 5. The monoisotopic (exact) mass is 474 g/mol. The van der Waals surface area contributed by atoms with Crippen molar-refractivity contribution >= 4 is 22.4 Å². The lowest BCUT2D eigenvalue weighted by Crippen LogP contribution is -2.31. The summed E-state index contributed by atoms with van der Waals surface area (Å²) < 4.78 is 14.9. The van der Waals surface area contributed by atoms with Crippen molar-refractivity contribution in [3.8, 4) is 0 Å². The average Bonchev–Trinajstić information content (AvgIpc) is 3.16. The van der Waals surface area contributed by atoms with Crippen molar-refractivity contribution in [2.24, 2.45) is 17.6 Å². The van der Waals surface area contributed by atoms with Gasteiger partial charge in [0.15, 0.2) is 5.78 Å². The third kappa shape index (κ3) is 4.81. The average molecular weight is 475 g/mol. The van der Waals surface area contributed by atoms with Gasteiger partial charge in [0.1, 0.15) is 5.82 Å². The lowest BCUT2D eigenvalue weighted by molar-refractivity contribution is 0.0994. The summed E-state index contributed by atoms with van der Waals surface area (Å²) in [5.41, 5.74) is 10.2. The van der Waals surface area contributed by atoms with E-state index in [-0.39, 0.29) is 24.1 Å². The van der Waals surface area contributed by atoms with E-state index in [2.05, 4.69) is 35.6 Å². The van der Waals surface area contributed by atoms with Crippen molar-refractivity contribution in [3.05, 3.63) is 65.4 Å². The fourth-order valence-corrected chi connectivity index (χ4v) is 6.38. The van der Waals surface area contributed by atoms with Crippen molar-refractivity contribution in [1.29, 1.82) is 0 Å². The van der Waals surface area contributed by atoms with Gasteiger partial charge in [-0.3, -0.25) is 14.8 Å². The molecule has 2 fully saturated rings. The second-order valence-electron chi connectivity index (χ2n) is 11.0. The first-order valence-corrected chi connectivity index (χ1v) is 12.9. The molecule has 3 heterocycles. The Morgan fingerprint density at radius 1 is 1.09 bits per heavy atom. The van der Waals surface area contributed by atoms with Crippen LogP contribution >= 0.6 is 0 Å². The Morgan fingerprint density at radius 3 is 2.66 bits per heavy atom. The van der Waals surface area contributed by atoms with E-state index in [9.17, 15) is 9.18 Å². The number of hydrogen-bond donors (Lipinski definition) is 1. The van der Waals surface area contributed by atoms with Gasteiger partial charge in [-0.2, -0.15) is 0 Å². The molecule has 1 aromatic carbocycles. The highest BCUT2D eigenvalue weighted by molar-refractivity contribution is 6.08. The van der Waals surface area contributed by atoms with Crippen LogP contribution in [0.25, 0.3) is 10.9 Å². The van der Waals surface area contributed by atoms with E-state index in [1.165, 1.54) is 6.07 Å². The molecule has 2 aliphatic rings. The minimum Gasteiger partial charge on any atom is -0.367 e. The summed E-state index contributed by atoms with van der Waals surface area (Å²) in [6.07, 6.45) is 9.73. The molecule has 1 saturated heterocycles. The predicted octanol–water partition coefficient (Wildman–Crippen LogP) is 5.66. The number of aromatic nitrogens is 2. The quantitative estimate of drug-likeness (QED) is 0.483. The highest BCUT2D eigenvalue weighted by Crippen LogP contribution is 2.37. The van der Waals surface area contributed by atoms with Crippen molar-refractivity contribution in [2.45, 2.75) is 70.9 Å². The molecule has 184 valence electrons. The second-order valence-corrected chi connectivity index (χ2v) is 11.0. The SMILES string of the molecule is C[C@@H]1C[C@H](N)C[C@H](c2ccncc2CC(=O)c2ccc(F)c3cc(N4C[C@@H](C)C[C@H]4C)cnc23)C1. The molecule has 2 N–H and O–H groups in total. The Labute approximate surface area is 206 Å². The second kappa shape index (κ2) is 9.65. The number of anilines is 1. The van der Waals surface area contributed by atoms with E-state index in [1.54, 1.807) is 24.7 Å². The van der Waals surface area contributed by atoms with E-state index in [1.807, 2.05) is 12.1 Å². The van der Waals surface area contributed by atoms with Gasteiger partial charge < -0.3 is 10.6 Å². The minimum absolute atomic E-state index is 0.0687. The normalized spacial score (nSPS) is 26.9. The first-order valence-electron chi connectivity index (χ1n) is 12.9. The number of fused-ring (bicyclic) bond motifs is 1. The molecule has 0 spiro atoms. The number of rotatable bonds is 5. The van der Waals surface area contributed by atoms with Crippen LogP contribution in [-0.2, 0) is 6.42 Å². The maximum absolute atomic E-state index is 14.9. The number of nitrogens with two attached hydrogens (primary N) is 1. The van der Waals surface area contributed by atoms with Gasteiger partial charge in [0.25, 0.3) is 0 Å². The van der Waals surface area contributed by atoms with Crippen molar-refractivity contribution in [2.75, 3.05) is 11.4 Å². The summed E-state index contributed by atoms with van der Waals surface area (Å²) in [5, 5.41) is 0.401. The number of carbonyl (C=O) groups is 1. The van der Waals surface area contributed by atoms with Crippen LogP contribution in [0.2, 0.25) is 0 Å². The maximum Gasteiger partial charge on any atom is 0.169 e. The third-order valence-electron chi connectivity index (χ3n) is 7.91. The van der Waals surface area contributed by atoms with Crippen LogP contribution < -0.4 is 10.6 Å². The lowest BCUT2D eigenvalue weighted by Gasteiger charge is -2.32. The van der Waals surface area contributed by atoms with Crippen molar-refractivity contribution in [1.82, 2.24) is 9.97 Å². The lowest BCUT2D eigenvalue weighted by atomic mass is 9.75. The molecule has 0 amide bonds. The number of halogens is 1. The smallest absolute Gasteiger partial charge is 0.169 e. The molecule has 1 saturated carbocycles. The zero-order chi connectivity index (χ0) is 24.7. The van der Waals surface area contributed by atoms with Gasteiger partial charge in [0.2, 0.25) is 0 Å². The van der Waals surface area contributed by atoms with Crippen molar-refractivity contribution in [3.63, 3.8) is 0 Å². The topological polar surface area (TPSA) is 72.1 Å². The summed E-state index contributed by atoms with van der Waals surface area (Å²) in [4.78, 5) is 24.7. The molecule has 3 aromatic rings. The van der Waals surface area contributed by atoms with Gasteiger partial charge in [-0.1, -0.05) is 13.8 Å². The molecule has 1 aliphatic heterocycles. The van der Waals surface area contributed by atoms with Gasteiger partial charge in [-0.05, 0) is 85.8 Å². The van der Waals surface area contributed by atoms with Crippen LogP contribution in [0.1, 0.15) is 73.9 Å². The largest absolute Gasteiger partial charge is 0.367 e. The number of ketones is 1. The molecule has 5 nitrogen and oxygen atoms in total. The fourth-order valence-electron chi connectivity index (χ4n) is 6.38. The van der Waals surface area contributed by atoms with E-state index < -0.39 is 0 Å². The third-order valence-corrected chi connectivity index (χ3v) is 7.91. The first-order chi connectivity index (χ1) is 16.8. The summed E-state index contributed by atoms with van der Waals surface area (Å²) in [6, 6.07) is 7.41. The summed E-state index contributed by atoms with van der Waals surface area (Å²) in [7, 11) is 0. The van der Waals surface area contributed by atoms with Gasteiger partial charge in [-0.15, -0.1) is 0 Å². The highest BCUT2D eigenvalue weighted by Gasteiger charge is 2.29. The zero-order valence-corrected chi connectivity index (χ0v) is 20.9. The van der Waals surface area contributed by atoms with Gasteiger partial charge in [0, 0.05) is 48.4 Å². The van der Waals surface area contributed by atoms with Gasteiger partial charge >= 0.3 is 0 Å². The zero-order valence-electron chi connectivity index (χ0n) is 20.9. The molecule has 5 atom stereocenters. The predicted molar refractivity (Wildman–Crippen MR) is 138 cm³/mol. The number of nitrogens with zero attached hydrogens (tertiary/aromatic N) is 3. The fraction of sp³-hybridized carbons (Fsp3) is 0.483. The first kappa shape index (κ1) is 23.9. The molecular weight excluding hydrogens is 439 g/mol. The van der Waals surface area contributed by atoms with Crippen molar-refractivity contribution < 1.29 is 9.18 Å². The number of Topliss-reactive ketones (excluding diaryl/α,β-unsaturated/α-hetero) is 1. The number of carbonyl (C=O) groups excluding carboxylic acids is 1. The molecule has 2 aromatic heterocycles. The minimum atomic E-state index is -0.349. The number of benzene rings is 1. The molecular formula is C29H35FN4O. The molecule has 5 rings (SSSR count). The Kier molecular flexibility index (Phi) is 6.58. The standard InChI is InChI=1S/C29H35FN4O/c1-17-9-20(11-22(31)10-17)24-6-7-32-14-21(24)12-28(35)25-4-5-27(30)26-13-23(15-33-29(25)26)34-16-18(2)8-19(34)3/h4-7,13-15,17-20,22H,8-12,16,31H2,1-3H3/t17-,18-,19+,20+,22-/m0/s1. The van der Waals surface area contributed by atoms with E-state index in [0.717, 1.165) is 49.0 Å². The molecule has 1 aliphatic carbocycles. The molecule has 6 heteroatoms. The molecule has 0 bridgehead atoms. The summed E-state index contributed by atoms with van der Waals surface area (Å²) in [5.74, 6) is 1.06. The van der Waals surface area contributed by atoms with Crippen LogP contribution in [0, 0.1) is 17.7 Å². The molecule has 0 radical (unpaired) electrons. The van der Waals surface area contributed by atoms with E-state index in [4.69, 9.17) is 5.73 Å². The Hall–Kier alpha value is -2.86.